The second-order valence-electron chi connectivity index (χ2n) is 7.61. The predicted molar refractivity (Wildman–Crippen MR) is 118 cm³/mol. The standard InChI is InChI=1S/C26H27NO2/c1-27(2)18-22-15-16-28-25-17-23(29-19-20-9-5-3-6-10-20)13-14-24(25)26(22)21-11-7-4-8-12-21/h3-14,17H,15-16,18-19H2,1-2H3. The Morgan fingerprint density at radius 3 is 2.34 bits per heavy atom. The number of rotatable bonds is 6. The topological polar surface area (TPSA) is 21.7 Å². The lowest BCUT2D eigenvalue weighted by Crippen LogP contribution is -2.17. The summed E-state index contributed by atoms with van der Waals surface area (Å²) in [5.41, 5.74) is 6.20. The van der Waals surface area contributed by atoms with Gasteiger partial charge in [-0.3, -0.25) is 0 Å². The Morgan fingerprint density at radius 1 is 0.897 bits per heavy atom. The van der Waals surface area contributed by atoms with Crippen molar-refractivity contribution in [3.63, 3.8) is 0 Å². The molecule has 0 N–H and O–H groups in total. The lowest BCUT2D eigenvalue weighted by molar-refractivity contribution is 0.295. The summed E-state index contributed by atoms with van der Waals surface area (Å²) in [6.45, 7) is 2.14. The van der Waals surface area contributed by atoms with E-state index < -0.39 is 0 Å². The van der Waals surface area contributed by atoms with Gasteiger partial charge < -0.3 is 14.4 Å². The summed E-state index contributed by atoms with van der Waals surface area (Å²) >= 11 is 0. The molecule has 1 aliphatic heterocycles. The Kier molecular flexibility index (Phi) is 5.97. The third kappa shape index (κ3) is 4.69. The van der Waals surface area contributed by atoms with Gasteiger partial charge in [0.1, 0.15) is 18.1 Å². The number of fused-ring (bicyclic) bond motifs is 1. The SMILES string of the molecule is CN(C)CC1=C(c2ccccc2)c2ccc(OCc3ccccc3)cc2OCC1. The second kappa shape index (κ2) is 8.97. The molecule has 1 aliphatic rings. The van der Waals surface area contributed by atoms with E-state index in [1.54, 1.807) is 0 Å². The van der Waals surface area contributed by atoms with E-state index in [0.717, 1.165) is 35.6 Å². The van der Waals surface area contributed by atoms with Crippen molar-refractivity contribution in [1.29, 1.82) is 0 Å². The zero-order chi connectivity index (χ0) is 20.1. The van der Waals surface area contributed by atoms with E-state index in [1.165, 1.54) is 16.7 Å². The first-order chi connectivity index (χ1) is 14.2. The molecule has 0 radical (unpaired) electrons. The van der Waals surface area contributed by atoms with Crippen molar-refractivity contribution in [2.75, 3.05) is 27.2 Å². The highest BCUT2D eigenvalue weighted by molar-refractivity contribution is 5.85. The smallest absolute Gasteiger partial charge is 0.130 e. The summed E-state index contributed by atoms with van der Waals surface area (Å²) < 4.78 is 12.2. The first kappa shape index (κ1) is 19.3. The van der Waals surface area contributed by atoms with Gasteiger partial charge in [-0.2, -0.15) is 0 Å². The average Bonchev–Trinajstić information content (AvgIpc) is 2.92. The van der Waals surface area contributed by atoms with Gasteiger partial charge >= 0.3 is 0 Å². The molecule has 148 valence electrons. The fraction of sp³-hybridized carbons (Fsp3) is 0.231. The van der Waals surface area contributed by atoms with E-state index in [-0.39, 0.29) is 0 Å². The van der Waals surface area contributed by atoms with Gasteiger partial charge in [-0.05, 0) is 48.5 Å². The molecule has 0 fully saturated rings. The zero-order valence-corrected chi connectivity index (χ0v) is 17.1. The fourth-order valence-corrected chi connectivity index (χ4v) is 3.76. The van der Waals surface area contributed by atoms with Crippen LogP contribution in [0.5, 0.6) is 11.5 Å². The first-order valence-corrected chi connectivity index (χ1v) is 10.1. The highest BCUT2D eigenvalue weighted by Crippen LogP contribution is 2.39. The molecular weight excluding hydrogens is 358 g/mol. The van der Waals surface area contributed by atoms with Crippen LogP contribution in [0.1, 0.15) is 23.1 Å². The van der Waals surface area contributed by atoms with Gasteiger partial charge in [0.25, 0.3) is 0 Å². The van der Waals surface area contributed by atoms with Crippen LogP contribution in [0.3, 0.4) is 0 Å². The maximum atomic E-state index is 6.16. The number of hydrogen-bond donors (Lipinski definition) is 0. The Morgan fingerprint density at radius 2 is 1.62 bits per heavy atom. The summed E-state index contributed by atoms with van der Waals surface area (Å²) in [5.74, 6) is 1.72. The molecule has 0 aromatic heterocycles. The maximum Gasteiger partial charge on any atom is 0.130 e. The van der Waals surface area contributed by atoms with Crippen molar-refractivity contribution in [3.05, 3.63) is 101 Å². The fourth-order valence-electron chi connectivity index (χ4n) is 3.76. The van der Waals surface area contributed by atoms with Crippen LogP contribution in [0.4, 0.5) is 0 Å². The molecule has 0 bridgehead atoms. The number of nitrogens with zero attached hydrogens (tertiary/aromatic N) is 1. The van der Waals surface area contributed by atoms with Gasteiger partial charge in [0.05, 0.1) is 6.61 Å². The summed E-state index contributed by atoms with van der Waals surface area (Å²) in [4.78, 5) is 2.22. The van der Waals surface area contributed by atoms with Gasteiger partial charge in [-0.25, -0.2) is 0 Å². The molecule has 3 aromatic rings. The third-order valence-electron chi connectivity index (χ3n) is 5.06. The molecule has 0 saturated heterocycles. The predicted octanol–water partition coefficient (Wildman–Crippen LogP) is 5.41. The third-order valence-corrected chi connectivity index (χ3v) is 5.06. The summed E-state index contributed by atoms with van der Waals surface area (Å²) in [5, 5.41) is 0. The minimum absolute atomic E-state index is 0.548. The number of benzene rings is 3. The van der Waals surface area contributed by atoms with Gasteiger partial charge in [0.2, 0.25) is 0 Å². The summed E-state index contributed by atoms with van der Waals surface area (Å²) in [6.07, 6.45) is 0.914. The maximum absolute atomic E-state index is 6.16. The number of likely N-dealkylation sites (N-methyl/N-ethyl adjacent to an activating group) is 1. The quantitative estimate of drug-likeness (QED) is 0.566. The van der Waals surface area contributed by atoms with Gasteiger partial charge in [0.15, 0.2) is 0 Å². The Labute approximate surface area is 173 Å². The van der Waals surface area contributed by atoms with Crippen molar-refractivity contribution >= 4 is 5.57 Å². The molecule has 1 heterocycles. The van der Waals surface area contributed by atoms with Crippen LogP contribution < -0.4 is 9.47 Å². The first-order valence-electron chi connectivity index (χ1n) is 10.1. The minimum Gasteiger partial charge on any atom is -0.492 e. The molecule has 3 heteroatoms. The number of hydrogen-bond acceptors (Lipinski definition) is 3. The lowest BCUT2D eigenvalue weighted by Gasteiger charge is -2.18. The van der Waals surface area contributed by atoms with Crippen molar-refractivity contribution in [2.45, 2.75) is 13.0 Å². The Balaban J connectivity index is 1.68. The molecule has 0 spiro atoms. The van der Waals surface area contributed by atoms with Crippen LogP contribution in [0.15, 0.2) is 84.4 Å². The molecule has 3 nitrogen and oxygen atoms in total. The van der Waals surface area contributed by atoms with Gasteiger partial charge in [0, 0.05) is 24.6 Å². The van der Waals surface area contributed by atoms with Gasteiger partial charge in [-0.15, -0.1) is 0 Å². The average molecular weight is 386 g/mol. The molecular formula is C26H27NO2. The monoisotopic (exact) mass is 385 g/mol. The van der Waals surface area contributed by atoms with Crippen molar-refractivity contribution in [3.8, 4) is 11.5 Å². The zero-order valence-electron chi connectivity index (χ0n) is 17.1. The summed E-state index contributed by atoms with van der Waals surface area (Å²) in [7, 11) is 4.23. The molecule has 29 heavy (non-hydrogen) atoms. The van der Waals surface area contributed by atoms with Crippen molar-refractivity contribution in [1.82, 2.24) is 4.90 Å². The van der Waals surface area contributed by atoms with E-state index in [4.69, 9.17) is 9.47 Å². The molecule has 4 rings (SSSR count). The van der Waals surface area contributed by atoms with E-state index in [9.17, 15) is 0 Å². The van der Waals surface area contributed by atoms with Crippen LogP contribution in [-0.4, -0.2) is 32.1 Å². The van der Waals surface area contributed by atoms with E-state index in [1.807, 2.05) is 30.3 Å². The Bertz CT molecular complexity index is 978. The Hall–Kier alpha value is -3.04. The highest BCUT2D eigenvalue weighted by Gasteiger charge is 2.20. The largest absolute Gasteiger partial charge is 0.492 e. The minimum atomic E-state index is 0.548. The molecule has 0 unspecified atom stereocenters. The van der Waals surface area contributed by atoms with Crippen molar-refractivity contribution < 1.29 is 9.47 Å². The van der Waals surface area contributed by atoms with E-state index in [2.05, 4.69) is 67.5 Å². The van der Waals surface area contributed by atoms with E-state index >= 15 is 0 Å². The second-order valence-corrected chi connectivity index (χ2v) is 7.61. The molecule has 0 atom stereocenters. The molecule has 0 saturated carbocycles. The highest BCUT2D eigenvalue weighted by atomic mass is 16.5. The van der Waals surface area contributed by atoms with E-state index in [0.29, 0.717) is 13.2 Å². The molecule has 0 amide bonds. The lowest BCUT2D eigenvalue weighted by atomic mass is 9.91. The van der Waals surface area contributed by atoms with Crippen LogP contribution in [-0.2, 0) is 6.61 Å². The van der Waals surface area contributed by atoms with Gasteiger partial charge in [-0.1, -0.05) is 60.7 Å². The van der Waals surface area contributed by atoms with Crippen LogP contribution in [0.2, 0.25) is 0 Å². The molecule has 0 aliphatic carbocycles. The molecule has 3 aromatic carbocycles. The van der Waals surface area contributed by atoms with Crippen molar-refractivity contribution in [2.24, 2.45) is 0 Å². The van der Waals surface area contributed by atoms with Crippen LogP contribution in [0, 0.1) is 0 Å². The van der Waals surface area contributed by atoms with Crippen LogP contribution in [0.25, 0.3) is 5.57 Å². The number of ether oxygens (including phenoxy) is 2. The van der Waals surface area contributed by atoms with Crippen LogP contribution >= 0.6 is 0 Å². The normalized spacial score (nSPS) is 13.6. The summed E-state index contributed by atoms with van der Waals surface area (Å²) in [6, 6.07) is 27.0.